The quantitative estimate of drug-likeness (QED) is 0.547. The first-order chi connectivity index (χ1) is 14.4. The van der Waals surface area contributed by atoms with Gasteiger partial charge in [-0.25, -0.2) is 0 Å². The Morgan fingerprint density at radius 3 is 2.23 bits per heavy atom. The largest absolute Gasteiger partial charge is 0.326 e. The molecule has 0 bridgehead atoms. The summed E-state index contributed by atoms with van der Waals surface area (Å²) in [5.41, 5.74) is 6.77. The Labute approximate surface area is 175 Å². The Hall–Kier alpha value is -3.67. The molecule has 0 aliphatic heterocycles. The predicted molar refractivity (Wildman–Crippen MR) is 118 cm³/mol. The van der Waals surface area contributed by atoms with E-state index in [4.69, 9.17) is 0 Å². The zero-order chi connectivity index (χ0) is 21.5. The van der Waals surface area contributed by atoms with E-state index < -0.39 is 5.91 Å². The average molecular weight is 403 g/mol. The number of hydrogen-bond donors (Lipinski definition) is 3. The smallest absolute Gasteiger partial charge is 0.269 e. The van der Waals surface area contributed by atoms with E-state index in [9.17, 15) is 14.4 Å². The van der Waals surface area contributed by atoms with Crippen molar-refractivity contribution in [3.05, 3.63) is 77.9 Å². The van der Waals surface area contributed by atoms with Crippen LogP contribution in [0.25, 0.3) is 10.8 Å². The topological polar surface area (TPSA) is 87.3 Å². The number of nitrogens with one attached hydrogen (secondary N) is 3. The van der Waals surface area contributed by atoms with E-state index in [2.05, 4.69) is 16.2 Å². The van der Waals surface area contributed by atoms with Gasteiger partial charge in [0.25, 0.3) is 5.91 Å². The summed E-state index contributed by atoms with van der Waals surface area (Å²) in [6.07, 6.45) is 0.591. The van der Waals surface area contributed by atoms with Crippen LogP contribution in [0.3, 0.4) is 0 Å². The Morgan fingerprint density at radius 1 is 0.800 bits per heavy atom. The number of benzene rings is 3. The molecular formula is C24H25N3O3. The third kappa shape index (κ3) is 5.67. The zero-order valence-corrected chi connectivity index (χ0v) is 17.1. The number of hydrazine groups is 1. The van der Waals surface area contributed by atoms with Crippen molar-refractivity contribution < 1.29 is 14.4 Å². The molecule has 0 aromatic heterocycles. The van der Waals surface area contributed by atoms with Gasteiger partial charge < -0.3 is 5.32 Å². The van der Waals surface area contributed by atoms with E-state index >= 15 is 0 Å². The lowest BCUT2D eigenvalue weighted by atomic mass is 10.0. The summed E-state index contributed by atoms with van der Waals surface area (Å²) in [6.45, 7) is 3.95. The normalized spacial score (nSPS) is 10.6. The monoisotopic (exact) mass is 403 g/mol. The van der Waals surface area contributed by atoms with Crippen LogP contribution in [-0.2, 0) is 16.0 Å². The second-order valence-corrected chi connectivity index (χ2v) is 7.54. The fraction of sp³-hybridized carbons (Fsp3) is 0.208. The molecule has 154 valence electrons. The van der Waals surface area contributed by atoms with E-state index in [0.717, 1.165) is 16.3 Å². The number of carbonyl (C=O) groups excluding carboxylic acids is 3. The number of rotatable bonds is 6. The average Bonchev–Trinajstić information content (AvgIpc) is 2.72. The van der Waals surface area contributed by atoms with Crippen molar-refractivity contribution >= 4 is 34.2 Å². The van der Waals surface area contributed by atoms with Crippen molar-refractivity contribution in [2.45, 2.75) is 26.7 Å². The Bertz CT molecular complexity index is 1050. The Balaban J connectivity index is 1.53. The van der Waals surface area contributed by atoms with Crippen LogP contribution in [0.1, 0.15) is 36.2 Å². The van der Waals surface area contributed by atoms with Crippen LogP contribution in [-0.4, -0.2) is 17.7 Å². The maximum absolute atomic E-state index is 12.3. The molecule has 0 saturated heterocycles. The maximum Gasteiger partial charge on any atom is 0.269 e. The van der Waals surface area contributed by atoms with Crippen LogP contribution in [0.15, 0.2) is 66.7 Å². The van der Waals surface area contributed by atoms with Crippen molar-refractivity contribution in [3.63, 3.8) is 0 Å². The second kappa shape index (κ2) is 9.69. The molecule has 0 atom stereocenters. The SMILES string of the molecule is CC(C)CC(=O)Nc1ccc(C(=O)NNC(=O)Cc2cccc3ccccc23)cc1. The summed E-state index contributed by atoms with van der Waals surface area (Å²) >= 11 is 0. The third-order valence-electron chi connectivity index (χ3n) is 4.57. The molecular weight excluding hydrogens is 378 g/mol. The zero-order valence-electron chi connectivity index (χ0n) is 17.1. The van der Waals surface area contributed by atoms with Crippen molar-refractivity contribution in [1.29, 1.82) is 0 Å². The molecule has 0 spiro atoms. The summed E-state index contributed by atoms with van der Waals surface area (Å²) in [6, 6.07) is 20.2. The van der Waals surface area contributed by atoms with E-state index in [1.807, 2.05) is 56.3 Å². The van der Waals surface area contributed by atoms with E-state index in [-0.39, 0.29) is 24.2 Å². The maximum atomic E-state index is 12.3. The highest BCUT2D eigenvalue weighted by Gasteiger charge is 2.11. The molecule has 6 heteroatoms. The molecule has 3 amide bonds. The van der Waals surface area contributed by atoms with Gasteiger partial charge in [-0.15, -0.1) is 0 Å². The molecule has 0 saturated carbocycles. The first-order valence-corrected chi connectivity index (χ1v) is 9.88. The van der Waals surface area contributed by atoms with Crippen LogP contribution in [0, 0.1) is 5.92 Å². The molecule has 0 heterocycles. The molecule has 0 unspecified atom stereocenters. The van der Waals surface area contributed by atoms with Gasteiger partial charge in [0.05, 0.1) is 6.42 Å². The minimum atomic E-state index is -0.429. The van der Waals surface area contributed by atoms with Gasteiger partial charge in [-0.2, -0.15) is 0 Å². The molecule has 0 radical (unpaired) electrons. The van der Waals surface area contributed by atoms with Gasteiger partial charge in [-0.05, 0) is 46.5 Å². The first-order valence-electron chi connectivity index (χ1n) is 9.88. The molecule has 30 heavy (non-hydrogen) atoms. The molecule has 0 aliphatic carbocycles. The van der Waals surface area contributed by atoms with Gasteiger partial charge in [0.15, 0.2) is 0 Å². The number of fused-ring (bicyclic) bond motifs is 1. The number of carbonyl (C=O) groups is 3. The summed E-state index contributed by atoms with van der Waals surface area (Å²) in [5, 5.41) is 4.86. The van der Waals surface area contributed by atoms with Crippen LogP contribution in [0.4, 0.5) is 5.69 Å². The van der Waals surface area contributed by atoms with Gasteiger partial charge in [-0.1, -0.05) is 56.3 Å². The van der Waals surface area contributed by atoms with Crippen LogP contribution in [0.5, 0.6) is 0 Å². The minimum absolute atomic E-state index is 0.0668. The third-order valence-corrected chi connectivity index (χ3v) is 4.57. The fourth-order valence-electron chi connectivity index (χ4n) is 3.15. The molecule has 6 nitrogen and oxygen atoms in total. The molecule has 3 aromatic rings. The Kier molecular flexibility index (Phi) is 6.80. The van der Waals surface area contributed by atoms with Crippen molar-refractivity contribution in [1.82, 2.24) is 10.9 Å². The van der Waals surface area contributed by atoms with Gasteiger partial charge >= 0.3 is 0 Å². The Morgan fingerprint density at radius 2 is 1.50 bits per heavy atom. The van der Waals surface area contributed by atoms with E-state index in [1.54, 1.807) is 24.3 Å². The predicted octanol–water partition coefficient (Wildman–Crippen LogP) is 3.83. The molecule has 0 fully saturated rings. The lowest BCUT2D eigenvalue weighted by molar-refractivity contribution is -0.121. The molecule has 3 N–H and O–H groups in total. The van der Waals surface area contributed by atoms with Crippen molar-refractivity contribution in [2.75, 3.05) is 5.32 Å². The summed E-state index contributed by atoms with van der Waals surface area (Å²) < 4.78 is 0. The summed E-state index contributed by atoms with van der Waals surface area (Å²) in [5.74, 6) is -0.533. The van der Waals surface area contributed by atoms with E-state index in [0.29, 0.717) is 17.7 Å². The molecule has 3 rings (SSSR count). The second-order valence-electron chi connectivity index (χ2n) is 7.54. The summed E-state index contributed by atoms with van der Waals surface area (Å²) in [7, 11) is 0. The lowest BCUT2D eigenvalue weighted by Gasteiger charge is -2.10. The highest BCUT2D eigenvalue weighted by atomic mass is 16.2. The van der Waals surface area contributed by atoms with Gasteiger partial charge in [0.1, 0.15) is 0 Å². The number of anilines is 1. The standard InChI is InChI=1S/C24H25N3O3/c1-16(2)14-22(28)25-20-12-10-18(11-13-20)24(30)27-26-23(29)15-19-8-5-7-17-6-3-4-9-21(17)19/h3-13,16H,14-15H2,1-2H3,(H,25,28)(H,26,29)(H,27,30). The van der Waals surface area contributed by atoms with Crippen molar-refractivity contribution in [3.8, 4) is 0 Å². The first kappa shape index (κ1) is 21.0. The molecule has 0 aliphatic rings. The minimum Gasteiger partial charge on any atom is -0.326 e. The number of hydrogen-bond acceptors (Lipinski definition) is 3. The van der Waals surface area contributed by atoms with E-state index in [1.165, 1.54) is 0 Å². The van der Waals surface area contributed by atoms with Gasteiger partial charge in [0, 0.05) is 17.7 Å². The molecule has 3 aromatic carbocycles. The summed E-state index contributed by atoms with van der Waals surface area (Å²) in [4.78, 5) is 36.4. The number of amides is 3. The fourth-order valence-corrected chi connectivity index (χ4v) is 3.15. The van der Waals surface area contributed by atoms with Crippen LogP contribution >= 0.6 is 0 Å². The highest BCUT2D eigenvalue weighted by Crippen LogP contribution is 2.18. The lowest BCUT2D eigenvalue weighted by Crippen LogP contribution is -2.42. The van der Waals surface area contributed by atoms with Gasteiger partial charge in [-0.3, -0.25) is 25.2 Å². The van der Waals surface area contributed by atoms with Gasteiger partial charge in [0.2, 0.25) is 11.8 Å². The van der Waals surface area contributed by atoms with Crippen molar-refractivity contribution in [2.24, 2.45) is 5.92 Å². The van der Waals surface area contributed by atoms with Crippen LogP contribution < -0.4 is 16.2 Å². The highest BCUT2D eigenvalue weighted by molar-refractivity contribution is 5.97. The van der Waals surface area contributed by atoms with Crippen LogP contribution in [0.2, 0.25) is 0 Å².